The van der Waals surface area contributed by atoms with Gasteiger partial charge < -0.3 is 154 Å². The summed E-state index contributed by atoms with van der Waals surface area (Å²) in [6.45, 7) is -0.601. The Hall–Kier alpha value is -2.22. The number of hydrogen-bond acceptors (Lipinski definition) is 31. The average molecular weight is 1140 g/mol. The molecule has 0 bridgehead atoms. The molecule has 0 aromatic rings. The minimum absolute atomic E-state index is 0.00485. The van der Waals surface area contributed by atoms with Gasteiger partial charge >= 0.3 is 5.97 Å². The van der Waals surface area contributed by atoms with Gasteiger partial charge in [0.1, 0.15) is 122 Å². The number of nitrogens with one attached hydrogen (secondary N) is 1. The molecular formula is C45H77NO32. The maximum Gasteiger partial charge on any atom is 0.364 e. The first-order chi connectivity index (χ1) is 36.8. The second-order valence-electron chi connectivity index (χ2n) is 20.1. The van der Waals surface area contributed by atoms with Crippen molar-refractivity contribution in [1.82, 2.24) is 5.32 Å². The Morgan fingerprint density at radius 1 is 0.564 bits per heavy atom. The van der Waals surface area contributed by atoms with Crippen LogP contribution in [0.25, 0.3) is 0 Å². The molecule has 0 spiro atoms. The van der Waals surface area contributed by atoms with Crippen LogP contribution in [0.2, 0.25) is 0 Å². The number of carboxylic acid groups (broad SMARTS) is 1. The van der Waals surface area contributed by atoms with E-state index < -0.39 is 247 Å². The molecule has 0 aromatic carbocycles. The van der Waals surface area contributed by atoms with Crippen LogP contribution < -0.4 is 5.32 Å². The molecule has 0 aliphatic carbocycles. The third kappa shape index (κ3) is 13.7. The fourth-order valence-electron chi connectivity index (χ4n) is 10.2. The fourth-order valence-corrected chi connectivity index (χ4v) is 10.2. The highest BCUT2D eigenvalue weighted by Crippen LogP contribution is 2.40. The molecular weight excluding hydrogens is 1070 g/mol. The summed E-state index contributed by atoms with van der Waals surface area (Å²) in [5, 5.41) is 197. The predicted octanol–water partition coefficient (Wildman–Crippen LogP) is -11.2. The molecule has 31 atom stereocenters. The van der Waals surface area contributed by atoms with Gasteiger partial charge in [-0.15, -0.1) is 0 Å². The number of carbonyl (C=O) groups is 2. The quantitative estimate of drug-likeness (QED) is 0.0479. The Kier molecular flexibility index (Phi) is 23.2. The van der Waals surface area contributed by atoms with E-state index in [2.05, 4.69) is 5.32 Å². The number of aliphatic carboxylic acids is 1. The molecule has 33 heteroatoms. The van der Waals surface area contributed by atoms with Crippen LogP contribution in [0.1, 0.15) is 34.1 Å². The zero-order valence-electron chi connectivity index (χ0n) is 42.7. The van der Waals surface area contributed by atoms with E-state index in [-0.39, 0.29) is 6.61 Å². The van der Waals surface area contributed by atoms with E-state index in [9.17, 15) is 102 Å². The van der Waals surface area contributed by atoms with Crippen LogP contribution in [0.4, 0.5) is 0 Å². The van der Waals surface area contributed by atoms with Crippen LogP contribution >= 0.6 is 0 Å². The van der Waals surface area contributed by atoms with Crippen molar-refractivity contribution in [3.63, 3.8) is 0 Å². The van der Waals surface area contributed by atoms with E-state index in [1.807, 2.05) is 0 Å². The zero-order valence-corrected chi connectivity index (χ0v) is 42.7. The van der Waals surface area contributed by atoms with Crippen molar-refractivity contribution in [2.45, 2.75) is 212 Å². The first-order valence-electron chi connectivity index (χ1n) is 25.4. The summed E-state index contributed by atoms with van der Waals surface area (Å²) in [6.07, 6.45) is -51.1. The van der Waals surface area contributed by atoms with Crippen molar-refractivity contribution in [1.29, 1.82) is 0 Å². The Morgan fingerprint density at radius 3 is 1.59 bits per heavy atom. The number of ether oxygens (including phenoxy) is 12. The van der Waals surface area contributed by atoms with Gasteiger partial charge in [-0.05, 0) is 6.92 Å². The monoisotopic (exact) mass is 1140 g/mol. The highest BCUT2D eigenvalue weighted by atomic mass is 16.8. The van der Waals surface area contributed by atoms with Crippen LogP contribution in [0.3, 0.4) is 0 Å². The second-order valence-corrected chi connectivity index (χ2v) is 20.1. The molecule has 0 saturated carbocycles. The van der Waals surface area contributed by atoms with Crippen LogP contribution in [-0.4, -0.2) is 328 Å². The van der Waals surface area contributed by atoms with Crippen molar-refractivity contribution < 1.29 is 158 Å². The first-order valence-corrected chi connectivity index (χ1v) is 25.4. The third-order valence-corrected chi connectivity index (χ3v) is 14.8. The van der Waals surface area contributed by atoms with Crippen LogP contribution in [0.5, 0.6) is 0 Å². The lowest BCUT2D eigenvalue weighted by atomic mass is 9.84. The molecule has 0 radical (unpaired) electrons. The van der Waals surface area contributed by atoms with Crippen LogP contribution in [0, 0.1) is 11.8 Å². The molecule has 6 aliphatic heterocycles. The molecule has 1 amide bonds. The summed E-state index contributed by atoms with van der Waals surface area (Å²) >= 11 is 0. The highest BCUT2D eigenvalue weighted by molar-refractivity contribution is 5.76. The highest BCUT2D eigenvalue weighted by Gasteiger charge is 2.59. The number of carbonyl (C=O) groups excluding carboxylic acids is 1. The zero-order chi connectivity index (χ0) is 57.8. The lowest BCUT2D eigenvalue weighted by molar-refractivity contribution is -0.387. The topological polar surface area (TPSA) is 521 Å². The van der Waals surface area contributed by atoms with Gasteiger partial charge in [-0.25, -0.2) is 4.79 Å². The number of aliphatic hydroxyl groups is 17. The Bertz CT molecular complexity index is 1880. The van der Waals surface area contributed by atoms with E-state index in [4.69, 9.17) is 56.8 Å². The molecule has 19 N–H and O–H groups in total. The summed E-state index contributed by atoms with van der Waals surface area (Å²) in [5.74, 6) is -7.95. The van der Waals surface area contributed by atoms with E-state index in [0.717, 1.165) is 6.92 Å². The van der Waals surface area contributed by atoms with E-state index in [1.54, 1.807) is 6.92 Å². The first kappa shape index (κ1) is 64.9. The third-order valence-electron chi connectivity index (χ3n) is 14.8. The standard InChI is InChI=1S/C45H77NO32/c1-5-67-41-31(62)29(60)36(20(10-50)71-41)75-43-33(64)38(27(58)19(9-49)70-43)77-40-23(46-15(4)52)37(28(59)22(73-40)12-68-45(44(65)66)6-16(53)13(2)34(78-45)25(56)17(54)7-47)76-42-32(63)30(61)35(21(11-51)72-42)74-39-14(3)24(55)26(57)18(8-48)69-39/h13-14,16-43,47-51,53-64H,5-12H2,1-4H3,(H,46,52)(H,65,66)/t13-,14+,16-,17-,18?,19?,20?,21?,22?,23+,24-,25-,26+,27+,28-,29-,30-,31+,32?,33+,34?,35+,36-,37-,38+,39?,40?,41?,42+,43?,45-/m1/s1. The molecule has 11 unspecified atom stereocenters. The molecule has 6 saturated heterocycles. The van der Waals surface area contributed by atoms with Crippen molar-refractivity contribution in [3.05, 3.63) is 0 Å². The minimum Gasteiger partial charge on any atom is -0.477 e. The van der Waals surface area contributed by atoms with Crippen molar-refractivity contribution in [2.24, 2.45) is 11.8 Å². The van der Waals surface area contributed by atoms with Crippen LogP contribution in [0.15, 0.2) is 0 Å². The molecule has 78 heavy (non-hydrogen) atoms. The predicted molar refractivity (Wildman–Crippen MR) is 244 cm³/mol. The minimum atomic E-state index is -2.94. The van der Waals surface area contributed by atoms with Crippen molar-refractivity contribution >= 4 is 11.9 Å². The summed E-state index contributed by atoms with van der Waals surface area (Å²) in [7, 11) is 0. The SMILES string of the molecule is CCOC1OC(CO)[C@@H](OC2OC(CO)[C@H](O)[C@H](OC3OC(CO[C@]4(C(=O)O)C[C@@H](O)[C@@H](C)C([C@H](O)[C@H](O)CO)O4)[C@@H](O)[C@H](O[C@@H]4OC(CO)[C@H](OC5OC(CO)[C@H](O)[C@H](O)[C@@H]5C)[C@H](O)C4O)[C@@H]3NC(C)=O)[C@@H]2O)[C@H](O)[C@@H]1O. The fraction of sp³-hybridized carbons (Fsp3) is 0.956. The number of amides is 1. The molecule has 6 heterocycles. The number of carboxylic acids is 1. The van der Waals surface area contributed by atoms with Gasteiger partial charge in [0.15, 0.2) is 31.5 Å². The Labute approximate surface area is 444 Å². The molecule has 33 nitrogen and oxygen atoms in total. The number of hydrogen-bond donors (Lipinski definition) is 19. The van der Waals surface area contributed by atoms with Crippen LogP contribution in [-0.2, 0) is 66.4 Å². The second kappa shape index (κ2) is 27.9. The van der Waals surface area contributed by atoms with Gasteiger partial charge in [0.05, 0.1) is 58.0 Å². The Balaban J connectivity index is 1.34. The molecule has 6 rings (SSSR count). The maximum absolute atomic E-state index is 13.1. The largest absolute Gasteiger partial charge is 0.477 e. The van der Waals surface area contributed by atoms with Gasteiger partial charge in [-0.2, -0.15) is 0 Å². The molecule has 0 aromatic heterocycles. The van der Waals surface area contributed by atoms with Gasteiger partial charge in [-0.1, -0.05) is 13.8 Å². The van der Waals surface area contributed by atoms with E-state index in [1.165, 1.54) is 13.8 Å². The van der Waals surface area contributed by atoms with Crippen molar-refractivity contribution in [3.8, 4) is 0 Å². The lowest BCUT2D eigenvalue weighted by Crippen LogP contribution is -2.70. The average Bonchev–Trinajstić information content (AvgIpc) is 3.47. The smallest absolute Gasteiger partial charge is 0.364 e. The summed E-state index contributed by atoms with van der Waals surface area (Å²) in [6, 6.07) is -1.92. The number of aliphatic hydroxyl groups excluding tert-OH is 17. The summed E-state index contributed by atoms with van der Waals surface area (Å²) < 4.78 is 69.5. The van der Waals surface area contributed by atoms with Gasteiger partial charge in [-0.3, -0.25) is 4.79 Å². The van der Waals surface area contributed by atoms with Gasteiger partial charge in [0.25, 0.3) is 5.79 Å². The summed E-state index contributed by atoms with van der Waals surface area (Å²) in [5.41, 5.74) is 0. The normalized spacial score (nSPS) is 48.2. The molecule has 6 aliphatic rings. The van der Waals surface area contributed by atoms with E-state index >= 15 is 0 Å². The molecule has 6 fully saturated rings. The van der Waals surface area contributed by atoms with Crippen molar-refractivity contribution in [2.75, 3.05) is 46.2 Å². The number of rotatable bonds is 22. The van der Waals surface area contributed by atoms with E-state index in [0.29, 0.717) is 0 Å². The van der Waals surface area contributed by atoms with Gasteiger partial charge in [0, 0.05) is 31.8 Å². The lowest BCUT2D eigenvalue weighted by Gasteiger charge is -2.51. The molecule has 454 valence electrons. The van der Waals surface area contributed by atoms with Gasteiger partial charge in [0.2, 0.25) is 5.91 Å². The Morgan fingerprint density at radius 2 is 1.04 bits per heavy atom. The maximum atomic E-state index is 13.1. The summed E-state index contributed by atoms with van der Waals surface area (Å²) in [4.78, 5) is 26.1.